The highest BCUT2D eigenvalue weighted by Crippen LogP contribution is 2.28. The van der Waals surface area contributed by atoms with Gasteiger partial charge in [-0.3, -0.25) is 4.98 Å². The number of nitrogens with zero attached hydrogens (tertiary/aromatic N) is 3. The maximum absolute atomic E-state index is 12.7. The van der Waals surface area contributed by atoms with Crippen molar-refractivity contribution >= 4 is 26.6 Å². The topological polar surface area (TPSA) is 100 Å². The zero-order chi connectivity index (χ0) is 15.5. The van der Waals surface area contributed by atoms with Crippen molar-refractivity contribution in [3.8, 4) is 6.07 Å². The third-order valence-electron chi connectivity index (χ3n) is 3.21. The number of sulfonamides is 1. The summed E-state index contributed by atoms with van der Waals surface area (Å²) in [6.45, 7) is 2.19. The highest BCUT2D eigenvalue weighted by atomic mass is 32.2. The number of rotatable bonds is 5. The molecule has 2 aromatic rings. The SMILES string of the molecule is CCN(CCC#N)S(=O)(=O)c1ccc(N)c2cccnc12. The summed E-state index contributed by atoms with van der Waals surface area (Å²) in [6, 6.07) is 8.44. The largest absolute Gasteiger partial charge is 0.398 e. The van der Waals surface area contributed by atoms with Crippen LogP contribution in [0.4, 0.5) is 5.69 Å². The molecule has 1 heterocycles. The highest BCUT2D eigenvalue weighted by Gasteiger charge is 2.25. The average molecular weight is 304 g/mol. The first-order chi connectivity index (χ1) is 10.0. The van der Waals surface area contributed by atoms with Gasteiger partial charge in [0, 0.05) is 36.8 Å². The molecule has 0 radical (unpaired) electrons. The zero-order valence-corrected chi connectivity index (χ0v) is 12.5. The van der Waals surface area contributed by atoms with Crippen LogP contribution in [0.3, 0.4) is 0 Å². The van der Waals surface area contributed by atoms with Gasteiger partial charge in [0.2, 0.25) is 10.0 Å². The number of nitriles is 1. The summed E-state index contributed by atoms with van der Waals surface area (Å²) in [4.78, 5) is 4.27. The van der Waals surface area contributed by atoms with Gasteiger partial charge in [-0.05, 0) is 24.3 Å². The number of aromatic nitrogens is 1. The number of fused-ring (bicyclic) bond motifs is 1. The molecule has 1 aromatic carbocycles. The predicted octanol–water partition coefficient (Wildman–Crippen LogP) is 1.74. The van der Waals surface area contributed by atoms with Crippen molar-refractivity contribution in [2.45, 2.75) is 18.2 Å². The van der Waals surface area contributed by atoms with Gasteiger partial charge < -0.3 is 5.73 Å². The smallest absolute Gasteiger partial charge is 0.245 e. The van der Waals surface area contributed by atoms with Crippen molar-refractivity contribution < 1.29 is 8.42 Å². The van der Waals surface area contributed by atoms with Crippen molar-refractivity contribution in [1.29, 1.82) is 5.26 Å². The van der Waals surface area contributed by atoms with Crippen molar-refractivity contribution in [2.24, 2.45) is 0 Å². The van der Waals surface area contributed by atoms with Crippen LogP contribution in [0.1, 0.15) is 13.3 Å². The van der Waals surface area contributed by atoms with Crippen LogP contribution in [-0.2, 0) is 10.0 Å². The van der Waals surface area contributed by atoms with E-state index in [0.717, 1.165) is 0 Å². The number of pyridine rings is 1. The van der Waals surface area contributed by atoms with Gasteiger partial charge in [0.1, 0.15) is 4.90 Å². The molecule has 0 spiro atoms. The summed E-state index contributed by atoms with van der Waals surface area (Å²) in [5.74, 6) is 0. The summed E-state index contributed by atoms with van der Waals surface area (Å²) < 4.78 is 26.7. The number of hydrogen-bond acceptors (Lipinski definition) is 5. The van der Waals surface area contributed by atoms with E-state index >= 15 is 0 Å². The third-order valence-corrected chi connectivity index (χ3v) is 5.22. The Kier molecular flexibility index (Phi) is 4.40. The van der Waals surface area contributed by atoms with Gasteiger partial charge in [0.25, 0.3) is 0 Å². The van der Waals surface area contributed by atoms with Crippen molar-refractivity contribution in [3.05, 3.63) is 30.5 Å². The fourth-order valence-corrected chi connectivity index (χ4v) is 3.74. The molecule has 6 nitrogen and oxygen atoms in total. The molecule has 2 rings (SSSR count). The average Bonchev–Trinajstić information content (AvgIpc) is 2.48. The zero-order valence-electron chi connectivity index (χ0n) is 11.7. The number of hydrogen-bond donors (Lipinski definition) is 1. The maximum Gasteiger partial charge on any atom is 0.245 e. The Hall–Kier alpha value is -2.17. The summed E-state index contributed by atoms with van der Waals surface area (Å²) in [5.41, 5.74) is 6.70. The lowest BCUT2D eigenvalue weighted by atomic mass is 10.2. The Bertz CT molecular complexity index is 796. The predicted molar refractivity (Wildman–Crippen MR) is 80.8 cm³/mol. The van der Waals surface area contributed by atoms with Crippen LogP contribution in [0.5, 0.6) is 0 Å². The summed E-state index contributed by atoms with van der Waals surface area (Å²) >= 11 is 0. The molecule has 0 aliphatic carbocycles. The summed E-state index contributed by atoms with van der Waals surface area (Å²) in [7, 11) is -3.70. The Morgan fingerprint density at radius 2 is 2.14 bits per heavy atom. The van der Waals surface area contributed by atoms with Gasteiger partial charge in [-0.2, -0.15) is 9.57 Å². The van der Waals surface area contributed by atoms with E-state index in [1.54, 1.807) is 25.1 Å². The molecule has 21 heavy (non-hydrogen) atoms. The second-order valence-corrected chi connectivity index (χ2v) is 6.36. The molecule has 0 amide bonds. The van der Waals surface area contributed by atoms with Gasteiger partial charge in [-0.15, -0.1) is 0 Å². The molecule has 0 aliphatic rings. The molecule has 2 N–H and O–H groups in total. The highest BCUT2D eigenvalue weighted by molar-refractivity contribution is 7.89. The lowest BCUT2D eigenvalue weighted by molar-refractivity contribution is 0.435. The number of nitrogens with two attached hydrogens (primary N) is 1. The summed E-state index contributed by atoms with van der Waals surface area (Å²) in [5, 5.41) is 9.26. The van der Waals surface area contributed by atoms with Crippen molar-refractivity contribution in [1.82, 2.24) is 9.29 Å². The molecule has 0 saturated carbocycles. The normalized spacial score (nSPS) is 11.7. The molecular formula is C14H16N4O2S. The van der Waals surface area contributed by atoms with E-state index in [4.69, 9.17) is 11.0 Å². The fourth-order valence-electron chi connectivity index (χ4n) is 2.14. The van der Waals surface area contributed by atoms with E-state index < -0.39 is 10.0 Å². The minimum atomic E-state index is -3.70. The molecule has 0 unspecified atom stereocenters. The maximum atomic E-state index is 12.7. The minimum Gasteiger partial charge on any atom is -0.398 e. The minimum absolute atomic E-state index is 0.118. The Balaban J connectivity index is 2.60. The fraction of sp³-hybridized carbons (Fsp3) is 0.286. The molecule has 0 bridgehead atoms. The third kappa shape index (κ3) is 2.82. The van der Waals surface area contributed by atoms with Crippen LogP contribution < -0.4 is 5.73 Å². The molecule has 0 saturated heterocycles. The van der Waals surface area contributed by atoms with E-state index in [-0.39, 0.29) is 17.9 Å². The standard InChI is InChI=1S/C14H16N4O2S/c1-2-18(10-4-8-15)21(19,20)13-7-6-12(16)11-5-3-9-17-14(11)13/h3,5-7,9H,2,4,10,16H2,1H3. The molecule has 7 heteroatoms. The van der Waals surface area contributed by atoms with Gasteiger partial charge in [-0.25, -0.2) is 8.42 Å². The molecule has 110 valence electrons. The Morgan fingerprint density at radius 1 is 1.38 bits per heavy atom. The lowest BCUT2D eigenvalue weighted by Gasteiger charge is -2.20. The second-order valence-electron chi connectivity index (χ2n) is 4.46. The van der Waals surface area contributed by atoms with E-state index in [9.17, 15) is 8.42 Å². The van der Waals surface area contributed by atoms with E-state index in [1.165, 1.54) is 16.6 Å². The number of anilines is 1. The molecule has 0 fully saturated rings. The second kappa shape index (κ2) is 6.08. The lowest BCUT2D eigenvalue weighted by Crippen LogP contribution is -2.32. The first-order valence-corrected chi connectivity index (χ1v) is 7.96. The van der Waals surface area contributed by atoms with Crippen LogP contribution in [0.15, 0.2) is 35.4 Å². The van der Waals surface area contributed by atoms with Crippen LogP contribution in [0.2, 0.25) is 0 Å². The van der Waals surface area contributed by atoms with Gasteiger partial charge in [0.05, 0.1) is 11.6 Å². The molecular weight excluding hydrogens is 288 g/mol. The van der Waals surface area contributed by atoms with Crippen LogP contribution in [-0.4, -0.2) is 30.8 Å². The van der Waals surface area contributed by atoms with Crippen molar-refractivity contribution in [3.63, 3.8) is 0 Å². The van der Waals surface area contributed by atoms with Crippen LogP contribution >= 0.6 is 0 Å². The van der Waals surface area contributed by atoms with Crippen LogP contribution in [0, 0.1) is 11.3 Å². The molecule has 1 aromatic heterocycles. The van der Waals surface area contributed by atoms with E-state index in [1.807, 2.05) is 6.07 Å². The molecule has 0 atom stereocenters. The van der Waals surface area contributed by atoms with Gasteiger partial charge in [-0.1, -0.05) is 6.92 Å². The van der Waals surface area contributed by atoms with Gasteiger partial charge in [0.15, 0.2) is 0 Å². The first-order valence-electron chi connectivity index (χ1n) is 6.52. The van der Waals surface area contributed by atoms with Crippen molar-refractivity contribution in [2.75, 3.05) is 18.8 Å². The number of nitrogen functional groups attached to an aromatic ring is 1. The Labute approximate surface area is 123 Å². The van der Waals surface area contributed by atoms with E-state index in [0.29, 0.717) is 23.1 Å². The van der Waals surface area contributed by atoms with Gasteiger partial charge >= 0.3 is 0 Å². The van der Waals surface area contributed by atoms with E-state index in [2.05, 4.69) is 4.98 Å². The Morgan fingerprint density at radius 3 is 2.81 bits per heavy atom. The van der Waals surface area contributed by atoms with Crippen LogP contribution in [0.25, 0.3) is 10.9 Å². The monoisotopic (exact) mass is 304 g/mol. The molecule has 0 aliphatic heterocycles. The quantitative estimate of drug-likeness (QED) is 0.848. The summed E-state index contributed by atoms with van der Waals surface area (Å²) in [6.07, 6.45) is 1.68. The number of benzene rings is 1. The first kappa shape index (κ1) is 15.2.